The maximum Gasteiger partial charge on any atom is 0.320 e. The Morgan fingerprint density at radius 2 is 1.13 bits per heavy atom. The number of carbonyl (C=O) groups excluding carboxylic acids is 2. The first-order chi connectivity index (χ1) is 30.5. The van der Waals surface area contributed by atoms with E-state index in [1.54, 1.807) is 14.2 Å². The first kappa shape index (κ1) is 44.5. The molecule has 10 heteroatoms. The molecule has 2 heterocycles. The summed E-state index contributed by atoms with van der Waals surface area (Å²) < 4.78 is 10.6. The van der Waals surface area contributed by atoms with Gasteiger partial charge in [0.15, 0.2) is 0 Å². The van der Waals surface area contributed by atoms with Gasteiger partial charge in [0, 0.05) is 56.6 Å². The van der Waals surface area contributed by atoms with Crippen molar-refractivity contribution in [3.8, 4) is 11.5 Å². The Morgan fingerprint density at radius 1 is 0.619 bits per heavy atom. The summed E-state index contributed by atoms with van der Waals surface area (Å²) in [4.78, 5) is 37.8. The molecule has 4 amide bonds. The number of rotatable bonds is 12. The summed E-state index contributed by atoms with van der Waals surface area (Å²) >= 11 is 0. The molecule has 4 aromatic rings. The third-order valence-electron chi connectivity index (χ3n) is 15.2. The van der Waals surface area contributed by atoms with E-state index in [0.717, 1.165) is 80.8 Å². The molecule has 2 spiro atoms. The van der Waals surface area contributed by atoms with Gasteiger partial charge in [-0.1, -0.05) is 91.3 Å². The van der Waals surface area contributed by atoms with Gasteiger partial charge in [-0.05, 0) is 132 Å². The van der Waals surface area contributed by atoms with Crippen LogP contribution in [0.3, 0.4) is 0 Å². The van der Waals surface area contributed by atoms with E-state index in [9.17, 15) is 9.59 Å². The van der Waals surface area contributed by atoms with Crippen LogP contribution in [0.4, 0.5) is 9.59 Å². The van der Waals surface area contributed by atoms with Crippen LogP contribution in [-0.4, -0.2) is 122 Å². The summed E-state index contributed by atoms with van der Waals surface area (Å²) in [6.07, 6.45) is 10.2. The molecule has 0 bridgehead atoms. The molecular formula is C53H70N6O4. The zero-order chi connectivity index (χ0) is 44.1. The second kappa shape index (κ2) is 19.4. The van der Waals surface area contributed by atoms with Crippen LogP contribution in [0, 0.1) is 5.92 Å². The number of nitrogens with zero attached hydrogens (tertiary/aromatic N) is 5. The van der Waals surface area contributed by atoms with E-state index < -0.39 is 0 Å². The monoisotopic (exact) mass is 855 g/mol. The van der Waals surface area contributed by atoms with Crippen LogP contribution in [-0.2, 0) is 13.1 Å². The molecule has 3 saturated carbocycles. The van der Waals surface area contributed by atoms with E-state index in [1.807, 2.05) is 41.3 Å². The molecule has 10 nitrogen and oxygen atoms in total. The van der Waals surface area contributed by atoms with Crippen molar-refractivity contribution in [2.45, 2.75) is 106 Å². The van der Waals surface area contributed by atoms with E-state index in [0.29, 0.717) is 42.9 Å². The number of nitrogens with one attached hydrogen (secondary N) is 1. The Hall–Kier alpha value is -5.06. The molecule has 3 aliphatic carbocycles. The Balaban J connectivity index is 0.000000175. The summed E-state index contributed by atoms with van der Waals surface area (Å²) in [5, 5.41) is 3.37. The molecule has 5 aliphatic rings. The average molecular weight is 855 g/mol. The van der Waals surface area contributed by atoms with Gasteiger partial charge < -0.3 is 39.3 Å². The van der Waals surface area contributed by atoms with Crippen molar-refractivity contribution >= 4 is 12.1 Å². The predicted octanol–water partition coefficient (Wildman–Crippen LogP) is 9.23. The lowest BCUT2D eigenvalue weighted by Crippen LogP contribution is -2.55. The maximum absolute atomic E-state index is 13.9. The standard InChI is InChI=1S/C29H39N3O2.C24H31N3O2/c1-30(2)27-16-17-29(18-26(27)24-10-5-4-6-11-24)21-31(19-23-12-14-25(34-3)15-13-23)28(33)32(29)20-22-8-7-9-22;1-26(2)22-13-14-24(15-21(22)19-7-5-4-6-8-19)17-27(23(28)25-24)16-18-9-11-20(29-3)12-10-18/h4-6,10-15,22,26-27H,7-9,16-21H2,1-3H3;4-12,21-22H,13-17H2,1-3H3,(H,25,28)/t26?,27-,29+;21?,22-,24+/m11/s1. The molecule has 0 aromatic heterocycles. The number of methoxy groups -OCH3 is 2. The number of benzene rings is 4. The predicted molar refractivity (Wildman–Crippen MR) is 251 cm³/mol. The number of hydrogen-bond donors (Lipinski definition) is 1. The summed E-state index contributed by atoms with van der Waals surface area (Å²) in [5.74, 6) is 3.21. The van der Waals surface area contributed by atoms with Crippen molar-refractivity contribution in [2.24, 2.45) is 5.92 Å². The topological polar surface area (TPSA) is 80.8 Å². The zero-order valence-corrected chi connectivity index (χ0v) is 38.5. The Labute approximate surface area is 376 Å². The quantitative estimate of drug-likeness (QED) is 0.153. The van der Waals surface area contributed by atoms with Crippen molar-refractivity contribution in [3.63, 3.8) is 0 Å². The highest BCUT2D eigenvalue weighted by atomic mass is 16.5. The van der Waals surface area contributed by atoms with Crippen molar-refractivity contribution in [1.82, 2.24) is 29.8 Å². The van der Waals surface area contributed by atoms with Crippen molar-refractivity contribution in [2.75, 3.05) is 62.0 Å². The lowest BCUT2D eigenvalue weighted by Gasteiger charge is -2.49. The van der Waals surface area contributed by atoms with E-state index in [4.69, 9.17) is 9.47 Å². The van der Waals surface area contributed by atoms with Crippen molar-refractivity contribution in [1.29, 1.82) is 0 Å². The smallest absolute Gasteiger partial charge is 0.320 e. The van der Waals surface area contributed by atoms with E-state index >= 15 is 0 Å². The van der Waals surface area contributed by atoms with Crippen LogP contribution in [0.15, 0.2) is 109 Å². The third-order valence-corrected chi connectivity index (χ3v) is 15.2. The molecule has 5 fully saturated rings. The van der Waals surface area contributed by atoms with Gasteiger partial charge in [0.1, 0.15) is 11.5 Å². The number of amides is 4. The molecule has 9 rings (SSSR count). The molecule has 2 saturated heterocycles. The minimum atomic E-state index is -0.142. The fourth-order valence-electron chi connectivity index (χ4n) is 11.5. The molecule has 0 radical (unpaired) electrons. The number of ether oxygens (including phenoxy) is 2. The fraction of sp³-hybridized carbons (Fsp3) is 0.509. The maximum atomic E-state index is 13.9. The first-order valence-corrected chi connectivity index (χ1v) is 23.3. The second-order valence-electron chi connectivity index (χ2n) is 19.6. The fourth-order valence-corrected chi connectivity index (χ4v) is 11.5. The number of hydrogen-bond acceptors (Lipinski definition) is 6. The zero-order valence-electron chi connectivity index (χ0n) is 38.5. The van der Waals surface area contributed by atoms with E-state index in [1.165, 1.54) is 30.4 Å². The highest BCUT2D eigenvalue weighted by Crippen LogP contribution is 2.48. The molecule has 1 N–H and O–H groups in total. The summed E-state index contributed by atoms with van der Waals surface area (Å²) in [6.45, 7) is 3.81. The molecule has 336 valence electrons. The van der Waals surface area contributed by atoms with Gasteiger partial charge >= 0.3 is 12.1 Å². The van der Waals surface area contributed by atoms with Crippen LogP contribution in [0.1, 0.15) is 91.9 Å². The summed E-state index contributed by atoms with van der Waals surface area (Å²) in [5.41, 5.74) is 4.84. The first-order valence-electron chi connectivity index (χ1n) is 23.3. The third kappa shape index (κ3) is 9.87. The van der Waals surface area contributed by atoms with Crippen LogP contribution < -0.4 is 14.8 Å². The average Bonchev–Trinajstić information content (AvgIpc) is 3.71. The van der Waals surface area contributed by atoms with E-state index in [2.05, 4.69) is 126 Å². The van der Waals surface area contributed by atoms with Crippen LogP contribution in [0.5, 0.6) is 11.5 Å². The van der Waals surface area contributed by atoms with Crippen LogP contribution in [0.2, 0.25) is 0 Å². The largest absolute Gasteiger partial charge is 0.497 e. The Morgan fingerprint density at radius 3 is 1.62 bits per heavy atom. The number of urea groups is 2. The van der Waals surface area contributed by atoms with E-state index in [-0.39, 0.29) is 23.1 Å². The van der Waals surface area contributed by atoms with Gasteiger partial charge in [-0.2, -0.15) is 0 Å². The summed E-state index contributed by atoms with van der Waals surface area (Å²) in [7, 11) is 12.1. The van der Waals surface area contributed by atoms with Crippen molar-refractivity contribution in [3.05, 3.63) is 131 Å². The number of likely N-dealkylation sites (N-methyl/N-ethyl adjacent to an activating group) is 2. The molecule has 4 aromatic carbocycles. The molecule has 6 atom stereocenters. The van der Waals surface area contributed by atoms with Crippen molar-refractivity contribution < 1.29 is 19.1 Å². The Kier molecular flexibility index (Phi) is 13.7. The molecule has 63 heavy (non-hydrogen) atoms. The second-order valence-corrected chi connectivity index (χ2v) is 19.6. The molecular weight excluding hydrogens is 785 g/mol. The van der Waals surface area contributed by atoms with Gasteiger partial charge in [-0.15, -0.1) is 0 Å². The lowest BCUT2D eigenvalue weighted by molar-refractivity contribution is 0.0521. The van der Waals surface area contributed by atoms with Gasteiger partial charge in [-0.25, -0.2) is 9.59 Å². The van der Waals surface area contributed by atoms with Gasteiger partial charge in [0.25, 0.3) is 0 Å². The normalized spacial score (nSPS) is 27.1. The van der Waals surface area contributed by atoms with Crippen LogP contribution >= 0.6 is 0 Å². The highest BCUT2D eigenvalue weighted by Gasteiger charge is 2.54. The van der Waals surface area contributed by atoms with Crippen LogP contribution in [0.25, 0.3) is 0 Å². The summed E-state index contributed by atoms with van der Waals surface area (Å²) in [6, 6.07) is 39.2. The van der Waals surface area contributed by atoms with Gasteiger partial charge in [0.2, 0.25) is 0 Å². The SMILES string of the molecule is COc1ccc(CN2C[C@@]3(CC[C@@H](N(C)C)C(c4ccccc4)C3)N(CC3CCC3)C2=O)cc1.COc1ccc(CN2C[C@@]3(CC[C@@H](N(C)C)C(c4ccccc4)C3)NC2=O)cc1. The minimum absolute atomic E-state index is 0.0518. The minimum Gasteiger partial charge on any atom is -0.497 e. The lowest BCUT2D eigenvalue weighted by atomic mass is 9.69. The molecule has 2 unspecified atom stereocenters. The highest BCUT2D eigenvalue weighted by molar-refractivity contribution is 5.79. The number of carbonyl (C=O) groups is 2. The van der Waals surface area contributed by atoms with Gasteiger partial charge in [-0.3, -0.25) is 0 Å². The Bertz CT molecular complexity index is 2110. The molecule has 2 aliphatic heterocycles. The van der Waals surface area contributed by atoms with Gasteiger partial charge in [0.05, 0.1) is 25.3 Å².